The Hall–Kier alpha value is -3.79. The smallest absolute Gasteiger partial charge is 0.174 e. The topological polar surface area (TPSA) is 134 Å². The van der Waals surface area contributed by atoms with E-state index in [0.717, 1.165) is 43.4 Å². The monoisotopic (exact) mass is 474 g/mol. The van der Waals surface area contributed by atoms with E-state index in [4.69, 9.17) is 14.9 Å². The Labute approximate surface area is 204 Å². The average molecular weight is 475 g/mol. The lowest BCUT2D eigenvalue weighted by Gasteiger charge is -2.24. The molecule has 1 aliphatic heterocycles. The van der Waals surface area contributed by atoms with Crippen LogP contribution in [0.25, 0.3) is 0 Å². The molecule has 2 aliphatic rings. The zero-order chi connectivity index (χ0) is 23.9. The molecule has 1 aliphatic carbocycles. The number of nitrogens with one attached hydrogen (secondary N) is 4. The SMILES string of the molecule is N=C(/C(=C\NC1CC1)Oc1ccnc(Nc2cccc(CCc3nn[nH]n3)c2)c1)C1CCOCC1. The molecule has 1 saturated carbocycles. The van der Waals surface area contributed by atoms with Gasteiger partial charge in [-0.1, -0.05) is 17.3 Å². The number of nitrogens with zero attached hydrogens (tertiary/aromatic N) is 4. The first-order valence-electron chi connectivity index (χ1n) is 12.1. The number of tetrazole rings is 1. The number of ether oxygens (including phenoxy) is 2. The van der Waals surface area contributed by atoms with E-state index in [1.54, 1.807) is 6.20 Å². The Kier molecular flexibility index (Phi) is 7.28. The quantitative estimate of drug-likeness (QED) is 0.245. The molecule has 0 amide bonds. The normalized spacial score (nSPS) is 16.6. The van der Waals surface area contributed by atoms with E-state index in [9.17, 15) is 0 Å². The summed E-state index contributed by atoms with van der Waals surface area (Å²) < 4.78 is 11.7. The molecule has 1 aromatic carbocycles. The number of hydrogen-bond donors (Lipinski definition) is 4. The molecule has 2 aromatic heterocycles. The van der Waals surface area contributed by atoms with Crippen LogP contribution in [-0.2, 0) is 17.6 Å². The molecule has 5 rings (SSSR count). The Balaban J connectivity index is 1.25. The van der Waals surface area contributed by atoms with E-state index in [0.29, 0.717) is 54.5 Å². The van der Waals surface area contributed by atoms with Crippen molar-refractivity contribution >= 4 is 17.2 Å². The second-order valence-electron chi connectivity index (χ2n) is 8.88. The second-order valence-corrected chi connectivity index (χ2v) is 8.88. The second kappa shape index (κ2) is 11.1. The number of aromatic amines is 1. The first-order chi connectivity index (χ1) is 17.2. The number of benzene rings is 1. The van der Waals surface area contributed by atoms with Gasteiger partial charge in [-0.3, -0.25) is 0 Å². The van der Waals surface area contributed by atoms with Gasteiger partial charge >= 0.3 is 0 Å². The summed E-state index contributed by atoms with van der Waals surface area (Å²) in [5.41, 5.74) is 2.61. The predicted octanol–water partition coefficient (Wildman–Crippen LogP) is 3.54. The number of H-pyrrole nitrogens is 1. The highest BCUT2D eigenvalue weighted by Crippen LogP contribution is 2.26. The van der Waals surface area contributed by atoms with Crippen molar-refractivity contribution in [2.24, 2.45) is 5.92 Å². The summed E-state index contributed by atoms with van der Waals surface area (Å²) in [6.45, 7) is 1.38. The molecule has 4 N–H and O–H groups in total. The summed E-state index contributed by atoms with van der Waals surface area (Å²) in [7, 11) is 0. The van der Waals surface area contributed by atoms with Crippen molar-refractivity contribution < 1.29 is 9.47 Å². The van der Waals surface area contributed by atoms with Crippen molar-refractivity contribution in [3.63, 3.8) is 0 Å². The van der Waals surface area contributed by atoms with Crippen LogP contribution < -0.4 is 15.4 Å². The highest BCUT2D eigenvalue weighted by atomic mass is 16.5. The van der Waals surface area contributed by atoms with Crippen LogP contribution in [0.3, 0.4) is 0 Å². The minimum Gasteiger partial charge on any atom is -0.454 e. The fourth-order valence-electron chi connectivity index (χ4n) is 3.96. The van der Waals surface area contributed by atoms with Crippen molar-refractivity contribution in [2.75, 3.05) is 18.5 Å². The van der Waals surface area contributed by atoms with Gasteiger partial charge in [-0.25, -0.2) is 4.98 Å². The summed E-state index contributed by atoms with van der Waals surface area (Å²) in [4.78, 5) is 4.45. The molecule has 1 saturated heterocycles. The van der Waals surface area contributed by atoms with Crippen LogP contribution in [0.5, 0.6) is 5.75 Å². The fourth-order valence-corrected chi connectivity index (χ4v) is 3.96. The third kappa shape index (κ3) is 6.63. The lowest BCUT2D eigenvalue weighted by atomic mass is 9.93. The third-order valence-corrected chi connectivity index (χ3v) is 6.11. The van der Waals surface area contributed by atoms with Crippen molar-refractivity contribution in [1.29, 1.82) is 5.41 Å². The van der Waals surface area contributed by atoms with Gasteiger partial charge in [0.15, 0.2) is 11.6 Å². The minimum atomic E-state index is 0.144. The maximum atomic E-state index is 8.77. The van der Waals surface area contributed by atoms with Crippen molar-refractivity contribution in [3.05, 3.63) is 65.9 Å². The fraction of sp³-hybridized carbons (Fsp3) is 0.400. The number of anilines is 2. The minimum absolute atomic E-state index is 0.144. The number of aryl methyl sites for hydroxylation is 2. The van der Waals surface area contributed by atoms with Gasteiger partial charge < -0.3 is 25.5 Å². The standard InChI is InChI=1S/C25H30N8O2/c26-25(18-9-12-34-13-10-18)22(16-28-19-5-6-19)35-21-8-11-27-24(15-21)29-20-3-1-2-17(14-20)4-7-23-30-32-33-31-23/h1-3,8,11,14-16,18-19,26,28H,4-7,9-10,12-13H2,(H,27,29)(H,30,31,32,33)/b22-16+,26-25?. The van der Waals surface area contributed by atoms with Gasteiger partial charge in [0.1, 0.15) is 11.6 Å². The molecule has 35 heavy (non-hydrogen) atoms. The first kappa shape index (κ1) is 23.0. The van der Waals surface area contributed by atoms with Crippen LogP contribution in [0.2, 0.25) is 0 Å². The summed E-state index contributed by atoms with van der Waals surface area (Å²) in [5, 5.41) is 29.6. The van der Waals surface area contributed by atoms with E-state index in [2.05, 4.69) is 48.4 Å². The van der Waals surface area contributed by atoms with Gasteiger partial charge in [-0.15, -0.1) is 10.2 Å². The summed E-state index contributed by atoms with van der Waals surface area (Å²) >= 11 is 0. The Morgan fingerprint density at radius 3 is 2.83 bits per heavy atom. The molecular weight excluding hydrogens is 444 g/mol. The van der Waals surface area contributed by atoms with Crippen LogP contribution in [-0.4, -0.2) is 50.6 Å². The van der Waals surface area contributed by atoms with Crippen LogP contribution in [0, 0.1) is 11.3 Å². The summed E-state index contributed by atoms with van der Waals surface area (Å²) in [6.07, 6.45) is 9.09. The molecule has 0 spiro atoms. The highest BCUT2D eigenvalue weighted by molar-refractivity contribution is 5.98. The molecular formula is C25H30N8O2. The highest BCUT2D eigenvalue weighted by Gasteiger charge is 2.25. The summed E-state index contributed by atoms with van der Waals surface area (Å²) in [5.74, 6) is 2.71. The number of allylic oxidation sites excluding steroid dienone is 1. The van der Waals surface area contributed by atoms with Gasteiger partial charge in [-0.05, 0) is 55.9 Å². The number of hydrogen-bond acceptors (Lipinski definition) is 9. The van der Waals surface area contributed by atoms with Crippen LogP contribution >= 0.6 is 0 Å². The van der Waals surface area contributed by atoms with Crippen molar-refractivity contribution in [3.8, 4) is 5.75 Å². The average Bonchev–Trinajstić information content (AvgIpc) is 3.58. The van der Waals surface area contributed by atoms with E-state index in [1.165, 1.54) is 0 Å². The molecule has 10 heteroatoms. The molecule has 3 aromatic rings. The van der Waals surface area contributed by atoms with Crippen LogP contribution in [0.4, 0.5) is 11.5 Å². The van der Waals surface area contributed by atoms with Crippen molar-refractivity contribution in [1.82, 2.24) is 30.9 Å². The van der Waals surface area contributed by atoms with Gasteiger partial charge in [0.05, 0.1) is 5.71 Å². The first-order valence-corrected chi connectivity index (χ1v) is 12.1. The predicted molar refractivity (Wildman–Crippen MR) is 132 cm³/mol. The largest absolute Gasteiger partial charge is 0.454 e. The molecule has 0 atom stereocenters. The zero-order valence-corrected chi connectivity index (χ0v) is 19.5. The lowest BCUT2D eigenvalue weighted by molar-refractivity contribution is 0.0822. The van der Waals surface area contributed by atoms with Crippen LogP contribution in [0.1, 0.15) is 37.1 Å². The van der Waals surface area contributed by atoms with Gasteiger partial charge in [0.2, 0.25) is 0 Å². The van der Waals surface area contributed by atoms with Crippen LogP contribution in [0.15, 0.2) is 54.6 Å². The molecule has 10 nitrogen and oxygen atoms in total. The molecule has 0 unspecified atom stereocenters. The van der Waals surface area contributed by atoms with E-state index < -0.39 is 0 Å². The number of pyridine rings is 1. The van der Waals surface area contributed by atoms with Gasteiger partial charge in [-0.2, -0.15) is 5.21 Å². The molecule has 182 valence electrons. The number of rotatable bonds is 11. The number of aromatic nitrogens is 5. The maximum absolute atomic E-state index is 8.77. The molecule has 3 heterocycles. The Morgan fingerprint density at radius 1 is 1.14 bits per heavy atom. The van der Waals surface area contributed by atoms with Gasteiger partial charge in [0.25, 0.3) is 0 Å². The van der Waals surface area contributed by atoms with Crippen molar-refractivity contribution in [2.45, 2.75) is 44.6 Å². The van der Waals surface area contributed by atoms with E-state index in [1.807, 2.05) is 30.5 Å². The Morgan fingerprint density at radius 2 is 2.03 bits per heavy atom. The third-order valence-electron chi connectivity index (χ3n) is 6.11. The summed E-state index contributed by atoms with van der Waals surface area (Å²) in [6, 6.07) is 12.3. The van der Waals surface area contributed by atoms with Gasteiger partial charge in [0, 0.05) is 55.7 Å². The lowest BCUT2D eigenvalue weighted by Crippen LogP contribution is -2.27. The van der Waals surface area contributed by atoms with E-state index in [-0.39, 0.29) is 5.92 Å². The molecule has 0 radical (unpaired) electrons. The Bertz CT molecular complexity index is 1150. The molecule has 0 bridgehead atoms. The maximum Gasteiger partial charge on any atom is 0.174 e. The van der Waals surface area contributed by atoms with E-state index >= 15 is 0 Å². The molecule has 2 fully saturated rings. The zero-order valence-electron chi connectivity index (χ0n) is 19.5.